The fourth-order valence-electron chi connectivity index (χ4n) is 6.53. The first-order chi connectivity index (χ1) is 28.0. The molecule has 3 saturated heterocycles. The van der Waals surface area contributed by atoms with Crippen molar-refractivity contribution in [3.05, 3.63) is 33.4 Å². The summed E-state index contributed by atoms with van der Waals surface area (Å²) in [6.45, 7) is 6.25. The average Bonchev–Trinajstić information content (AvgIpc) is 3.92. The maximum atomic E-state index is 12.9. The summed E-state index contributed by atoms with van der Waals surface area (Å²) in [5.41, 5.74) is 9.80. The Morgan fingerprint density at radius 2 is 1.52 bits per heavy atom. The van der Waals surface area contributed by atoms with Crippen LogP contribution in [0.25, 0.3) is 0 Å². The number of anilines is 2. The molecular formula is C32H41N11O13S4. The van der Waals surface area contributed by atoms with Crippen molar-refractivity contribution in [3.8, 4) is 0 Å². The third kappa shape index (κ3) is 9.62. The van der Waals surface area contributed by atoms with E-state index in [1.807, 2.05) is 0 Å². The Balaban J connectivity index is 0.000000230. The number of likely N-dealkylation sites (tertiary alicyclic amines) is 1. The number of thiazole rings is 2. The van der Waals surface area contributed by atoms with Crippen LogP contribution < -0.4 is 22.1 Å². The average molecular weight is 916 g/mol. The number of nitrogens with one attached hydrogen (secondary N) is 2. The highest BCUT2D eigenvalue weighted by atomic mass is 32.2. The second kappa shape index (κ2) is 17.7. The summed E-state index contributed by atoms with van der Waals surface area (Å²) in [4.78, 5) is 92.2. The zero-order valence-corrected chi connectivity index (χ0v) is 35.8. The van der Waals surface area contributed by atoms with Gasteiger partial charge in [0.05, 0.1) is 26.2 Å². The predicted molar refractivity (Wildman–Crippen MR) is 214 cm³/mol. The molecule has 6 heterocycles. The zero-order valence-electron chi connectivity index (χ0n) is 32.5. The number of aromatic nitrogens is 2. The van der Waals surface area contributed by atoms with Gasteiger partial charge in [-0.25, -0.2) is 32.3 Å². The van der Waals surface area contributed by atoms with E-state index in [4.69, 9.17) is 26.2 Å². The number of amides is 4. The maximum absolute atomic E-state index is 12.9. The van der Waals surface area contributed by atoms with Gasteiger partial charge >= 0.3 is 11.9 Å². The molecule has 8 N–H and O–H groups in total. The number of likely N-dealkylation sites (N-methyl/N-ethyl adjacent to an activating group) is 1. The van der Waals surface area contributed by atoms with Crippen molar-refractivity contribution >= 4 is 102 Å². The Morgan fingerprint density at radius 1 is 0.983 bits per heavy atom. The van der Waals surface area contributed by atoms with Gasteiger partial charge in [0.2, 0.25) is 5.60 Å². The second-order valence-corrected chi connectivity index (χ2v) is 18.6. The van der Waals surface area contributed by atoms with Gasteiger partial charge in [0.15, 0.2) is 32.0 Å². The van der Waals surface area contributed by atoms with Crippen LogP contribution in [-0.2, 0) is 48.7 Å². The van der Waals surface area contributed by atoms with Gasteiger partial charge in [0.25, 0.3) is 23.6 Å². The minimum Gasteiger partial charge on any atom is -0.731 e. The Bertz CT molecular complexity index is 2290. The molecular weight excluding hydrogens is 875 g/mol. The summed E-state index contributed by atoms with van der Waals surface area (Å²) >= 11 is 3.58. The molecule has 4 aliphatic rings. The van der Waals surface area contributed by atoms with Crippen molar-refractivity contribution < 1.29 is 66.1 Å². The van der Waals surface area contributed by atoms with Gasteiger partial charge < -0.3 is 51.0 Å². The number of quaternary nitrogens is 1. The van der Waals surface area contributed by atoms with Crippen molar-refractivity contribution in [1.29, 1.82) is 0 Å². The third-order valence-electron chi connectivity index (χ3n) is 9.64. The lowest BCUT2D eigenvalue weighted by Crippen LogP contribution is -2.71. The van der Waals surface area contributed by atoms with Gasteiger partial charge in [-0.3, -0.25) is 24.1 Å². The number of carboxylic acids is 2. The van der Waals surface area contributed by atoms with Crippen molar-refractivity contribution in [3.63, 3.8) is 0 Å². The van der Waals surface area contributed by atoms with E-state index in [0.717, 1.165) is 58.7 Å². The number of hydrogen-bond donors (Lipinski definition) is 6. The molecule has 0 aliphatic carbocycles. The molecule has 0 bridgehead atoms. The summed E-state index contributed by atoms with van der Waals surface area (Å²) in [5, 5.41) is 33.9. The Morgan fingerprint density at radius 3 is 1.97 bits per heavy atom. The highest BCUT2D eigenvalue weighted by Crippen LogP contribution is 2.41. The summed E-state index contributed by atoms with van der Waals surface area (Å²) in [7, 11) is -1.59. The van der Waals surface area contributed by atoms with E-state index in [0.29, 0.717) is 12.3 Å². The van der Waals surface area contributed by atoms with E-state index in [9.17, 15) is 46.8 Å². The standard InChI is InChI=1S/C19H24N6O5S2.C13H17N5O8S2/c1-25(5-3-4-6-25)7-10-8-31-17-13(16(27)24(17)14(10)18(28)29)22-15(26)12(23-30-2)11-9-32-19(20)21-11;1-5-7(10(20)18(5)28(23,24)25)16-9(19)8(6-4-27-12(14)15-6)17-26-13(2,3)11(21)22/h9,13,17H,3-8H2,1-2H3,(H3-,20,21,22,26,28,29);4-5,7H,1-3H3,(H2,14,15)(H,16,19)(H,21,22)(H,23,24,25)/b23-12-;17-8-/t13-,17-;5-,7-/m10/s1. The fraction of sp³-hybridized carbons (Fsp3) is 0.500. The van der Waals surface area contributed by atoms with Gasteiger partial charge in [-0.1, -0.05) is 10.3 Å². The fourth-order valence-corrected chi connectivity index (χ4v) is 9.82. The lowest BCUT2D eigenvalue weighted by atomic mass is 10.0. The van der Waals surface area contributed by atoms with Crippen LogP contribution in [0.3, 0.4) is 0 Å². The minimum atomic E-state index is -5.01. The van der Waals surface area contributed by atoms with Crippen LogP contribution in [0.4, 0.5) is 10.3 Å². The third-order valence-corrected chi connectivity index (χ3v) is 13.3. The molecule has 28 heteroatoms. The van der Waals surface area contributed by atoms with E-state index < -0.39 is 80.7 Å². The number of oxime groups is 2. The summed E-state index contributed by atoms with van der Waals surface area (Å²) in [5.74, 6) is -5.18. The van der Waals surface area contributed by atoms with E-state index >= 15 is 0 Å². The molecule has 326 valence electrons. The number of carbonyl (C=O) groups is 6. The second-order valence-electron chi connectivity index (χ2n) is 14.4. The Labute approximate surface area is 354 Å². The summed E-state index contributed by atoms with van der Waals surface area (Å²) in [6, 6.07) is -3.28. The van der Waals surface area contributed by atoms with Crippen molar-refractivity contribution in [2.45, 2.75) is 62.7 Å². The summed E-state index contributed by atoms with van der Waals surface area (Å²) < 4.78 is 33.9. The molecule has 0 spiro atoms. The van der Waals surface area contributed by atoms with E-state index in [2.05, 4.69) is 38.0 Å². The largest absolute Gasteiger partial charge is 0.731 e. The van der Waals surface area contributed by atoms with Crippen LogP contribution in [0.5, 0.6) is 0 Å². The molecule has 2 aromatic rings. The maximum Gasteiger partial charge on any atom is 0.352 e. The van der Waals surface area contributed by atoms with Crippen molar-refractivity contribution in [2.24, 2.45) is 10.3 Å². The van der Waals surface area contributed by atoms with Gasteiger partial charge in [-0.2, -0.15) is 0 Å². The molecule has 2 aromatic heterocycles. The zero-order chi connectivity index (χ0) is 44.5. The molecule has 0 radical (unpaired) electrons. The predicted octanol–water partition coefficient (Wildman–Crippen LogP) is -1.46. The quantitative estimate of drug-likeness (QED) is 0.0415. The number of thioether (sulfide) groups is 1. The van der Waals surface area contributed by atoms with Crippen LogP contribution in [0, 0.1) is 0 Å². The SMILES string of the molecule is CO/N=C(\C(=O)N[C@@H]1C(=O)N2C(C(=O)O)=C(C[N+]3(C)CCCC3)CS[C@H]12)c1csc(N)n1.C[C@H]1[C@H](NC(=O)/C(=N\OC(C)(C)C(=O)O)c2csc(N)n2)C(=O)N1S(=O)(=O)[O-]. The molecule has 4 amide bonds. The van der Waals surface area contributed by atoms with E-state index in [1.54, 1.807) is 5.38 Å². The number of carboxylic acid groups (broad SMARTS) is 2. The number of nitrogen functional groups attached to an aromatic ring is 2. The van der Waals surface area contributed by atoms with Crippen LogP contribution in [0.1, 0.15) is 45.0 Å². The smallest absolute Gasteiger partial charge is 0.352 e. The lowest BCUT2D eigenvalue weighted by molar-refractivity contribution is -0.893. The van der Waals surface area contributed by atoms with Crippen molar-refractivity contribution in [2.75, 3.05) is 51.0 Å². The number of aliphatic carboxylic acids is 2. The summed E-state index contributed by atoms with van der Waals surface area (Å²) in [6.07, 6.45) is 2.24. The highest BCUT2D eigenvalue weighted by molar-refractivity contribution is 8.00. The number of β-lactam (4-membered cyclic amide) rings is 2. The number of nitrogens with two attached hydrogens (primary N) is 2. The molecule has 4 atom stereocenters. The number of hydrogen-bond acceptors (Lipinski definition) is 20. The number of carbonyl (C=O) groups excluding carboxylic acids is 4. The molecule has 0 unspecified atom stereocenters. The first kappa shape index (κ1) is 45.7. The number of nitrogens with zero attached hydrogens (tertiary/aromatic N) is 7. The molecule has 3 fully saturated rings. The number of fused-ring (bicyclic) bond motifs is 1. The minimum absolute atomic E-state index is 0.0473. The number of rotatable bonds is 14. The Kier molecular flexibility index (Phi) is 13.4. The molecule has 60 heavy (non-hydrogen) atoms. The van der Waals surface area contributed by atoms with Gasteiger partial charge in [-0.15, -0.1) is 34.4 Å². The Hall–Kier alpha value is -5.42. The van der Waals surface area contributed by atoms with Crippen LogP contribution in [0.2, 0.25) is 0 Å². The van der Waals surface area contributed by atoms with Gasteiger partial charge in [0, 0.05) is 34.9 Å². The van der Waals surface area contributed by atoms with Crippen LogP contribution >= 0.6 is 34.4 Å². The molecule has 24 nitrogen and oxygen atoms in total. The molecule has 0 aromatic carbocycles. The van der Waals surface area contributed by atoms with E-state index in [-0.39, 0.29) is 37.4 Å². The van der Waals surface area contributed by atoms with Crippen LogP contribution in [-0.4, -0.2) is 162 Å². The van der Waals surface area contributed by atoms with Gasteiger partial charge in [0.1, 0.15) is 48.2 Å². The molecule has 0 saturated carbocycles. The lowest BCUT2D eigenvalue weighted by Gasteiger charge is -2.49. The van der Waals surface area contributed by atoms with Crippen molar-refractivity contribution in [1.82, 2.24) is 29.8 Å². The topological polar surface area (TPSA) is 352 Å². The van der Waals surface area contributed by atoms with E-state index in [1.165, 1.54) is 49.9 Å². The molecule has 4 aliphatic heterocycles. The normalized spacial score (nSPS) is 22.8. The first-order valence-corrected chi connectivity index (χ1v) is 21.8. The molecule has 6 rings (SSSR count). The first-order valence-electron chi connectivity index (χ1n) is 17.7. The van der Waals surface area contributed by atoms with Gasteiger partial charge in [-0.05, 0) is 20.8 Å². The van der Waals surface area contributed by atoms with Crippen LogP contribution in [0.15, 0.2) is 32.3 Å². The highest BCUT2D eigenvalue weighted by Gasteiger charge is 2.55. The monoisotopic (exact) mass is 915 g/mol.